The fourth-order valence-corrected chi connectivity index (χ4v) is 4.17. The number of hydrogen-bond acceptors (Lipinski definition) is 5. The molecule has 2 aromatic carbocycles. The van der Waals surface area contributed by atoms with Gasteiger partial charge >= 0.3 is 0 Å². The highest BCUT2D eigenvalue weighted by molar-refractivity contribution is 8.15. The second-order valence-corrected chi connectivity index (χ2v) is 8.23. The van der Waals surface area contributed by atoms with Gasteiger partial charge < -0.3 is 4.90 Å². The summed E-state index contributed by atoms with van der Waals surface area (Å²) in [4.78, 5) is 16.5. The van der Waals surface area contributed by atoms with Crippen molar-refractivity contribution in [1.29, 1.82) is 0 Å². The highest BCUT2D eigenvalue weighted by atomic mass is 32.2. The molecule has 0 radical (unpaired) electrons. The first kappa shape index (κ1) is 21.0. The van der Waals surface area contributed by atoms with E-state index < -0.39 is 0 Å². The molecule has 0 bridgehead atoms. The molecule has 1 saturated heterocycles. The van der Waals surface area contributed by atoms with Crippen molar-refractivity contribution in [3.63, 3.8) is 0 Å². The van der Waals surface area contributed by atoms with Crippen LogP contribution in [0, 0.1) is 5.82 Å². The highest BCUT2D eigenvalue weighted by Gasteiger charge is 2.37. The molecule has 1 amide bonds. The van der Waals surface area contributed by atoms with Crippen molar-refractivity contribution in [1.82, 2.24) is 4.90 Å². The number of amides is 1. The van der Waals surface area contributed by atoms with E-state index in [9.17, 15) is 9.18 Å². The van der Waals surface area contributed by atoms with Crippen LogP contribution in [-0.2, 0) is 11.3 Å². The molecule has 7 heteroatoms. The smallest absolute Gasteiger partial charge is 0.242 e. The van der Waals surface area contributed by atoms with Crippen LogP contribution >= 0.6 is 11.8 Å². The molecule has 1 heterocycles. The number of carbonyl (C=O) groups excluding carboxylic acids is 1. The first-order chi connectivity index (χ1) is 14.0. The average Bonchev–Trinajstić information content (AvgIpc) is 2.99. The number of benzene rings is 2. The summed E-state index contributed by atoms with van der Waals surface area (Å²) in [5.74, 6) is -0.260. The molecule has 1 atom stereocenters. The molecule has 1 aliphatic heterocycles. The van der Waals surface area contributed by atoms with Crippen LogP contribution in [-0.4, -0.2) is 41.5 Å². The molecule has 0 N–H and O–H groups in total. The van der Waals surface area contributed by atoms with Crippen molar-refractivity contribution in [3.8, 4) is 0 Å². The van der Waals surface area contributed by atoms with Gasteiger partial charge in [-0.25, -0.2) is 4.39 Å². The zero-order valence-electron chi connectivity index (χ0n) is 16.9. The van der Waals surface area contributed by atoms with Gasteiger partial charge in [0, 0.05) is 19.8 Å². The number of anilines is 1. The summed E-state index contributed by atoms with van der Waals surface area (Å²) in [6.45, 7) is 2.42. The Labute approximate surface area is 175 Å². The Hall–Kier alpha value is -2.67. The number of nitrogens with zero attached hydrogens (tertiary/aromatic N) is 4. The molecule has 1 unspecified atom stereocenters. The van der Waals surface area contributed by atoms with E-state index in [1.165, 1.54) is 23.9 Å². The SMILES string of the molecule is CCCC1S/C(=N\N=C\c2ccc(N(C)C)cc2)N(Cc2ccc(F)cc2)C1=O. The number of carbonyl (C=O) groups is 1. The minimum absolute atomic E-state index is 0.0328. The van der Waals surface area contributed by atoms with Crippen molar-refractivity contribution in [2.75, 3.05) is 19.0 Å². The normalized spacial score (nSPS) is 18.2. The summed E-state index contributed by atoms with van der Waals surface area (Å²) in [5.41, 5.74) is 2.90. The Morgan fingerprint density at radius 3 is 2.45 bits per heavy atom. The van der Waals surface area contributed by atoms with Crippen molar-refractivity contribution in [3.05, 3.63) is 65.5 Å². The molecule has 0 aromatic heterocycles. The zero-order chi connectivity index (χ0) is 20.8. The van der Waals surface area contributed by atoms with E-state index in [2.05, 4.69) is 17.1 Å². The lowest BCUT2D eigenvalue weighted by atomic mass is 10.2. The molecule has 0 saturated carbocycles. The maximum Gasteiger partial charge on any atom is 0.242 e. The summed E-state index contributed by atoms with van der Waals surface area (Å²) in [7, 11) is 3.98. The van der Waals surface area contributed by atoms with E-state index in [0.717, 1.165) is 29.7 Å². The lowest BCUT2D eigenvalue weighted by molar-refractivity contribution is -0.126. The van der Waals surface area contributed by atoms with Crippen molar-refractivity contribution < 1.29 is 9.18 Å². The molecule has 152 valence electrons. The standard InChI is InChI=1S/C22H25FN4OS/c1-4-5-20-21(28)27(15-17-6-10-18(23)11-7-17)22(29-20)25-24-14-16-8-12-19(13-9-16)26(2)3/h6-14,20H,4-5,15H2,1-3H3/b24-14+,25-22-. The average molecular weight is 413 g/mol. The molecule has 5 nitrogen and oxygen atoms in total. The summed E-state index contributed by atoms with van der Waals surface area (Å²) < 4.78 is 13.2. The summed E-state index contributed by atoms with van der Waals surface area (Å²) in [6, 6.07) is 14.2. The van der Waals surface area contributed by atoms with E-state index in [-0.39, 0.29) is 17.0 Å². The number of amidine groups is 1. The van der Waals surface area contributed by atoms with Gasteiger partial charge in [-0.15, -0.1) is 5.10 Å². The Morgan fingerprint density at radius 1 is 1.14 bits per heavy atom. The van der Waals surface area contributed by atoms with E-state index in [1.54, 1.807) is 23.2 Å². The number of halogens is 1. The second kappa shape index (κ2) is 9.69. The monoisotopic (exact) mass is 412 g/mol. The largest absolute Gasteiger partial charge is 0.378 e. The first-order valence-corrected chi connectivity index (χ1v) is 10.5. The van der Waals surface area contributed by atoms with Gasteiger partial charge in [-0.3, -0.25) is 9.69 Å². The third kappa shape index (κ3) is 5.44. The van der Waals surface area contributed by atoms with Gasteiger partial charge in [0.2, 0.25) is 5.91 Å². The molecule has 1 fully saturated rings. The van der Waals surface area contributed by atoms with Gasteiger partial charge in [0.05, 0.1) is 18.0 Å². The number of rotatable bonds is 7. The summed E-state index contributed by atoms with van der Waals surface area (Å²) >= 11 is 1.45. The number of thioether (sulfide) groups is 1. The van der Waals surface area contributed by atoms with Crippen LogP contribution in [0.4, 0.5) is 10.1 Å². The van der Waals surface area contributed by atoms with Gasteiger partial charge in [-0.1, -0.05) is 49.4 Å². The van der Waals surface area contributed by atoms with Crippen LogP contribution in [0.1, 0.15) is 30.9 Å². The van der Waals surface area contributed by atoms with Crippen molar-refractivity contribution >= 4 is 34.7 Å². The Bertz CT molecular complexity index is 894. The minimum Gasteiger partial charge on any atom is -0.378 e. The maximum absolute atomic E-state index is 13.2. The molecule has 3 rings (SSSR count). The van der Waals surface area contributed by atoms with Crippen LogP contribution in [0.15, 0.2) is 58.7 Å². The molecule has 1 aliphatic rings. The fraction of sp³-hybridized carbons (Fsp3) is 0.318. The summed E-state index contributed by atoms with van der Waals surface area (Å²) in [5, 5.41) is 8.97. The lowest BCUT2D eigenvalue weighted by Crippen LogP contribution is -2.31. The molecule has 0 aliphatic carbocycles. The van der Waals surface area contributed by atoms with Crippen LogP contribution in [0.5, 0.6) is 0 Å². The predicted octanol–water partition coefficient (Wildman–Crippen LogP) is 4.53. The van der Waals surface area contributed by atoms with Gasteiger partial charge in [0.25, 0.3) is 0 Å². The van der Waals surface area contributed by atoms with Crippen LogP contribution in [0.25, 0.3) is 0 Å². The topological polar surface area (TPSA) is 48.3 Å². The van der Waals surface area contributed by atoms with Gasteiger partial charge in [-0.2, -0.15) is 5.10 Å². The third-order valence-corrected chi connectivity index (χ3v) is 5.82. The fourth-order valence-electron chi connectivity index (χ4n) is 2.95. The molecule has 29 heavy (non-hydrogen) atoms. The number of hydrogen-bond donors (Lipinski definition) is 0. The van der Waals surface area contributed by atoms with E-state index in [1.807, 2.05) is 43.3 Å². The predicted molar refractivity (Wildman–Crippen MR) is 119 cm³/mol. The quantitative estimate of drug-likeness (QED) is 0.496. The zero-order valence-corrected chi connectivity index (χ0v) is 17.7. The third-order valence-electron chi connectivity index (χ3n) is 4.58. The first-order valence-electron chi connectivity index (χ1n) is 9.59. The van der Waals surface area contributed by atoms with Crippen molar-refractivity contribution in [2.45, 2.75) is 31.6 Å². The molecule has 0 spiro atoms. The highest BCUT2D eigenvalue weighted by Crippen LogP contribution is 2.31. The van der Waals surface area contributed by atoms with Gasteiger partial charge in [0.1, 0.15) is 5.82 Å². The summed E-state index contributed by atoms with van der Waals surface area (Å²) in [6.07, 6.45) is 3.39. The maximum atomic E-state index is 13.2. The van der Waals surface area contributed by atoms with Crippen LogP contribution in [0.2, 0.25) is 0 Å². The van der Waals surface area contributed by atoms with Gasteiger partial charge in [-0.05, 0) is 41.8 Å². The van der Waals surface area contributed by atoms with Crippen LogP contribution in [0.3, 0.4) is 0 Å². The Kier molecular flexibility index (Phi) is 7.04. The van der Waals surface area contributed by atoms with E-state index >= 15 is 0 Å². The Morgan fingerprint density at radius 2 is 1.83 bits per heavy atom. The van der Waals surface area contributed by atoms with E-state index in [0.29, 0.717) is 11.7 Å². The van der Waals surface area contributed by atoms with Crippen molar-refractivity contribution in [2.24, 2.45) is 10.2 Å². The van der Waals surface area contributed by atoms with Crippen LogP contribution < -0.4 is 4.90 Å². The Balaban J connectivity index is 1.77. The van der Waals surface area contributed by atoms with E-state index in [4.69, 9.17) is 0 Å². The lowest BCUT2D eigenvalue weighted by Gasteiger charge is -2.15. The second-order valence-electron chi connectivity index (χ2n) is 7.06. The molecular formula is C22H25FN4OS. The molecule has 2 aromatic rings. The van der Waals surface area contributed by atoms with Gasteiger partial charge in [0.15, 0.2) is 5.17 Å². The minimum atomic E-state index is -0.293. The molecular weight excluding hydrogens is 387 g/mol.